The zero-order chi connectivity index (χ0) is 20.5. The van der Waals surface area contributed by atoms with Crippen LogP contribution in [0.3, 0.4) is 0 Å². The van der Waals surface area contributed by atoms with Crippen molar-refractivity contribution in [1.29, 1.82) is 0 Å². The molecule has 0 spiro atoms. The first-order valence-electron chi connectivity index (χ1n) is 9.97. The number of aryl methyl sites for hydroxylation is 3. The number of hydrogen-bond donors (Lipinski definition) is 2. The maximum atomic E-state index is 12.2. The summed E-state index contributed by atoms with van der Waals surface area (Å²) in [5, 5.41) is 6.07. The van der Waals surface area contributed by atoms with Gasteiger partial charge in [0.1, 0.15) is 5.75 Å². The number of ether oxygens (including phenoxy) is 1. The summed E-state index contributed by atoms with van der Waals surface area (Å²) in [6.07, 6.45) is 1.97. The van der Waals surface area contributed by atoms with E-state index >= 15 is 0 Å². The maximum absolute atomic E-state index is 12.2. The fourth-order valence-electron chi connectivity index (χ4n) is 3.21. The van der Waals surface area contributed by atoms with Gasteiger partial charge >= 0.3 is 0 Å². The van der Waals surface area contributed by atoms with Gasteiger partial charge in [-0.1, -0.05) is 36.4 Å². The number of anilines is 2. The molecule has 3 aromatic rings. The average Bonchev–Trinajstić information content (AvgIpc) is 2.71. The van der Waals surface area contributed by atoms with Crippen molar-refractivity contribution >= 4 is 17.3 Å². The highest BCUT2D eigenvalue weighted by Crippen LogP contribution is 2.17. The number of nitrogens with one attached hydrogen (secondary N) is 2. The van der Waals surface area contributed by atoms with Crippen molar-refractivity contribution in [1.82, 2.24) is 0 Å². The molecule has 0 aliphatic rings. The predicted octanol–water partition coefficient (Wildman–Crippen LogP) is 5.37. The van der Waals surface area contributed by atoms with E-state index in [0.717, 1.165) is 30.0 Å². The topological polar surface area (TPSA) is 50.4 Å². The Morgan fingerprint density at radius 3 is 2.24 bits per heavy atom. The zero-order valence-electron chi connectivity index (χ0n) is 17.1. The van der Waals surface area contributed by atoms with Gasteiger partial charge in [0.15, 0.2) is 0 Å². The molecular weight excluding hydrogens is 360 g/mol. The number of carbonyl (C=O) groups is 1. The Kier molecular flexibility index (Phi) is 7.28. The quantitative estimate of drug-likeness (QED) is 0.485. The molecule has 0 radical (unpaired) electrons. The molecule has 0 atom stereocenters. The maximum Gasteiger partial charge on any atom is 0.243 e. The van der Waals surface area contributed by atoms with E-state index in [2.05, 4.69) is 41.0 Å². The lowest BCUT2D eigenvalue weighted by Crippen LogP contribution is -2.21. The van der Waals surface area contributed by atoms with Crippen molar-refractivity contribution < 1.29 is 9.53 Å². The Morgan fingerprint density at radius 1 is 0.862 bits per heavy atom. The summed E-state index contributed by atoms with van der Waals surface area (Å²) in [6, 6.07) is 24.1. The number of rotatable bonds is 9. The van der Waals surface area contributed by atoms with E-state index in [1.807, 2.05) is 56.3 Å². The summed E-state index contributed by atoms with van der Waals surface area (Å²) in [5.74, 6) is 0.727. The largest absolute Gasteiger partial charge is 0.494 e. The van der Waals surface area contributed by atoms with Crippen molar-refractivity contribution in [2.24, 2.45) is 0 Å². The third-order valence-electron chi connectivity index (χ3n) is 4.53. The molecule has 1 amide bonds. The predicted molar refractivity (Wildman–Crippen MR) is 120 cm³/mol. The second-order valence-electron chi connectivity index (χ2n) is 7.24. The third-order valence-corrected chi connectivity index (χ3v) is 4.53. The molecule has 0 unspecified atom stereocenters. The summed E-state index contributed by atoms with van der Waals surface area (Å²) in [6.45, 7) is 4.98. The molecule has 0 aromatic heterocycles. The van der Waals surface area contributed by atoms with Gasteiger partial charge in [-0.05, 0) is 79.8 Å². The Hall–Kier alpha value is -3.27. The standard InChI is InChI=1S/C25H28N2O2/c1-19-15-20(2)17-23(16-19)26-18-25(28)27-22-10-12-24(13-11-22)29-14-6-9-21-7-4-3-5-8-21/h3-5,7-8,10-13,15-17,26H,6,9,14,18H2,1-2H3,(H,27,28). The molecule has 2 N–H and O–H groups in total. The van der Waals surface area contributed by atoms with Gasteiger partial charge < -0.3 is 15.4 Å². The van der Waals surface area contributed by atoms with Crippen LogP contribution >= 0.6 is 0 Å². The summed E-state index contributed by atoms with van der Waals surface area (Å²) < 4.78 is 5.79. The minimum Gasteiger partial charge on any atom is -0.494 e. The Morgan fingerprint density at radius 2 is 1.55 bits per heavy atom. The molecule has 4 nitrogen and oxygen atoms in total. The SMILES string of the molecule is Cc1cc(C)cc(NCC(=O)Nc2ccc(OCCCc3ccccc3)cc2)c1. The third kappa shape index (κ3) is 7.00. The number of benzene rings is 3. The summed E-state index contributed by atoms with van der Waals surface area (Å²) in [5.41, 5.74) is 5.38. The van der Waals surface area contributed by atoms with Crippen LogP contribution in [-0.4, -0.2) is 19.1 Å². The van der Waals surface area contributed by atoms with Crippen LogP contribution < -0.4 is 15.4 Å². The van der Waals surface area contributed by atoms with Crippen LogP contribution in [0.4, 0.5) is 11.4 Å². The molecule has 0 bridgehead atoms. The van der Waals surface area contributed by atoms with Crippen molar-refractivity contribution in [3.63, 3.8) is 0 Å². The molecule has 0 aliphatic carbocycles. The minimum absolute atomic E-state index is 0.0827. The molecule has 0 aliphatic heterocycles. The van der Waals surface area contributed by atoms with Crippen LogP contribution in [0.5, 0.6) is 5.75 Å². The van der Waals surface area contributed by atoms with E-state index in [4.69, 9.17) is 4.74 Å². The van der Waals surface area contributed by atoms with Crippen LogP contribution in [-0.2, 0) is 11.2 Å². The van der Waals surface area contributed by atoms with Crippen molar-refractivity contribution in [2.75, 3.05) is 23.8 Å². The van der Waals surface area contributed by atoms with Crippen LogP contribution in [0, 0.1) is 13.8 Å². The number of carbonyl (C=O) groups excluding carboxylic acids is 1. The fraction of sp³-hybridized carbons (Fsp3) is 0.240. The molecule has 0 saturated heterocycles. The zero-order valence-corrected chi connectivity index (χ0v) is 17.1. The van der Waals surface area contributed by atoms with Crippen LogP contribution in [0.25, 0.3) is 0 Å². The van der Waals surface area contributed by atoms with Crippen molar-refractivity contribution in [2.45, 2.75) is 26.7 Å². The normalized spacial score (nSPS) is 10.4. The monoisotopic (exact) mass is 388 g/mol. The molecule has 0 heterocycles. The van der Waals surface area contributed by atoms with Gasteiger partial charge in [-0.15, -0.1) is 0 Å². The van der Waals surface area contributed by atoms with Gasteiger partial charge in [0, 0.05) is 11.4 Å². The number of hydrogen-bond acceptors (Lipinski definition) is 3. The van der Waals surface area contributed by atoms with Gasteiger partial charge in [0.2, 0.25) is 5.91 Å². The van der Waals surface area contributed by atoms with E-state index in [-0.39, 0.29) is 12.5 Å². The van der Waals surface area contributed by atoms with Gasteiger partial charge in [-0.3, -0.25) is 4.79 Å². The molecule has 150 valence electrons. The van der Waals surface area contributed by atoms with Gasteiger partial charge in [-0.2, -0.15) is 0 Å². The first kappa shape index (κ1) is 20.5. The fourth-order valence-corrected chi connectivity index (χ4v) is 3.21. The van der Waals surface area contributed by atoms with Crippen LogP contribution in [0.2, 0.25) is 0 Å². The van der Waals surface area contributed by atoms with Crippen molar-refractivity contribution in [3.05, 3.63) is 89.5 Å². The van der Waals surface area contributed by atoms with Crippen LogP contribution in [0.1, 0.15) is 23.1 Å². The van der Waals surface area contributed by atoms with Crippen LogP contribution in [0.15, 0.2) is 72.8 Å². The first-order valence-corrected chi connectivity index (χ1v) is 9.97. The second-order valence-corrected chi connectivity index (χ2v) is 7.24. The summed E-state index contributed by atoms with van der Waals surface area (Å²) in [4.78, 5) is 12.2. The highest BCUT2D eigenvalue weighted by molar-refractivity contribution is 5.93. The number of amides is 1. The molecule has 3 aromatic carbocycles. The van der Waals surface area contributed by atoms with E-state index in [0.29, 0.717) is 6.61 Å². The van der Waals surface area contributed by atoms with Gasteiger partial charge in [-0.25, -0.2) is 0 Å². The van der Waals surface area contributed by atoms with E-state index in [1.54, 1.807) is 0 Å². The molecular formula is C25H28N2O2. The minimum atomic E-state index is -0.0827. The summed E-state index contributed by atoms with van der Waals surface area (Å²) in [7, 11) is 0. The second kappa shape index (κ2) is 10.3. The Labute approximate surface area is 172 Å². The highest BCUT2D eigenvalue weighted by atomic mass is 16.5. The Bertz CT molecular complexity index is 901. The lowest BCUT2D eigenvalue weighted by Gasteiger charge is -2.10. The lowest BCUT2D eigenvalue weighted by molar-refractivity contribution is -0.114. The molecule has 3 rings (SSSR count). The Balaban J connectivity index is 1.39. The van der Waals surface area contributed by atoms with E-state index in [1.165, 1.54) is 16.7 Å². The molecule has 29 heavy (non-hydrogen) atoms. The smallest absolute Gasteiger partial charge is 0.243 e. The molecule has 0 fully saturated rings. The summed E-state index contributed by atoms with van der Waals surface area (Å²) >= 11 is 0. The van der Waals surface area contributed by atoms with E-state index in [9.17, 15) is 4.79 Å². The average molecular weight is 389 g/mol. The lowest BCUT2D eigenvalue weighted by atomic mass is 10.1. The first-order chi connectivity index (χ1) is 14.1. The van der Waals surface area contributed by atoms with E-state index < -0.39 is 0 Å². The van der Waals surface area contributed by atoms with Gasteiger partial charge in [0.05, 0.1) is 13.2 Å². The van der Waals surface area contributed by atoms with Gasteiger partial charge in [0.25, 0.3) is 0 Å². The highest BCUT2D eigenvalue weighted by Gasteiger charge is 2.04. The molecule has 0 saturated carbocycles. The molecule has 4 heteroatoms. The van der Waals surface area contributed by atoms with Crippen molar-refractivity contribution in [3.8, 4) is 5.75 Å².